The van der Waals surface area contributed by atoms with E-state index in [-0.39, 0.29) is 5.97 Å². The first-order valence-electron chi connectivity index (χ1n) is 7.88. The molecular weight excluding hydrogens is 264 g/mol. The van der Waals surface area contributed by atoms with E-state index >= 15 is 0 Å². The van der Waals surface area contributed by atoms with Crippen LogP contribution >= 0.6 is 0 Å². The molecule has 4 nitrogen and oxygen atoms in total. The maximum Gasteiger partial charge on any atom is 0.320 e. The molecule has 1 saturated heterocycles. The van der Waals surface area contributed by atoms with Crippen LogP contribution in [-0.4, -0.2) is 50.2 Å². The molecular formula is C17H26N2O2. The summed E-state index contributed by atoms with van der Waals surface area (Å²) in [6, 6.07) is 8.59. The molecule has 0 aromatic heterocycles. The molecule has 0 atom stereocenters. The van der Waals surface area contributed by atoms with Gasteiger partial charge in [0.15, 0.2) is 0 Å². The number of unbranched alkanes of at least 4 members (excludes halogenated alkanes) is 1. The van der Waals surface area contributed by atoms with Crippen LogP contribution in [0.1, 0.15) is 25.3 Å². The van der Waals surface area contributed by atoms with Gasteiger partial charge in [-0.15, -0.1) is 0 Å². The summed E-state index contributed by atoms with van der Waals surface area (Å²) in [5.74, 6) is -0.0903. The Bertz CT molecular complexity index is 454. The van der Waals surface area contributed by atoms with Gasteiger partial charge in [-0.05, 0) is 31.0 Å². The fourth-order valence-electron chi connectivity index (χ4n) is 2.55. The first-order chi connectivity index (χ1) is 10.2. The largest absolute Gasteiger partial charge is 0.465 e. The molecule has 1 fully saturated rings. The molecule has 21 heavy (non-hydrogen) atoms. The number of ether oxygens (including phenoxy) is 1. The average molecular weight is 290 g/mol. The molecule has 1 aromatic carbocycles. The van der Waals surface area contributed by atoms with Crippen molar-refractivity contribution in [2.75, 3.05) is 44.2 Å². The number of hydrogen-bond acceptors (Lipinski definition) is 4. The lowest BCUT2D eigenvalue weighted by Gasteiger charge is -2.35. The predicted molar refractivity (Wildman–Crippen MR) is 85.7 cm³/mol. The highest BCUT2D eigenvalue weighted by atomic mass is 16.5. The maximum atomic E-state index is 11.7. The summed E-state index contributed by atoms with van der Waals surface area (Å²) in [5.41, 5.74) is 2.56. The van der Waals surface area contributed by atoms with Crippen molar-refractivity contribution >= 4 is 11.7 Å². The van der Waals surface area contributed by atoms with Crippen LogP contribution in [0.3, 0.4) is 0 Å². The third-order valence-corrected chi connectivity index (χ3v) is 3.85. The van der Waals surface area contributed by atoms with Gasteiger partial charge in [0.05, 0.1) is 13.2 Å². The molecule has 4 heteroatoms. The number of carbonyl (C=O) groups is 1. The van der Waals surface area contributed by atoms with Crippen molar-refractivity contribution in [3.05, 3.63) is 29.8 Å². The Labute approximate surface area is 127 Å². The second-order valence-electron chi connectivity index (χ2n) is 5.68. The maximum absolute atomic E-state index is 11.7. The molecule has 0 aliphatic carbocycles. The molecule has 0 unspecified atom stereocenters. The van der Waals surface area contributed by atoms with E-state index in [1.54, 1.807) is 0 Å². The van der Waals surface area contributed by atoms with Crippen molar-refractivity contribution < 1.29 is 9.53 Å². The van der Waals surface area contributed by atoms with E-state index in [1.165, 1.54) is 11.3 Å². The van der Waals surface area contributed by atoms with Crippen LogP contribution in [0.15, 0.2) is 24.3 Å². The van der Waals surface area contributed by atoms with Gasteiger partial charge in [-0.1, -0.05) is 25.5 Å². The van der Waals surface area contributed by atoms with E-state index in [9.17, 15) is 4.79 Å². The normalized spacial score (nSPS) is 16.0. The standard InChI is InChI=1S/C17H26N2O2/c1-3-4-12-21-17(20)14-18-8-10-19(11-9-18)16-7-5-6-15(2)13-16/h5-7,13H,3-4,8-12,14H2,1-2H3. The summed E-state index contributed by atoms with van der Waals surface area (Å²) in [4.78, 5) is 16.3. The molecule has 0 bridgehead atoms. The van der Waals surface area contributed by atoms with Crippen molar-refractivity contribution in [1.29, 1.82) is 0 Å². The number of nitrogens with zero attached hydrogens (tertiary/aromatic N) is 2. The number of rotatable bonds is 6. The Hall–Kier alpha value is -1.55. The Morgan fingerprint density at radius 3 is 2.67 bits per heavy atom. The first kappa shape index (κ1) is 15.8. The van der Waals surface area contributed by atoms with Gasteiger partial charge in [-0.2, -0.15) is 0 Å². The average Bonchev–Trinajstić information content (AvgIpc) is 2.48. The number of aryl methyl sites for hydroxylation is 1. The van der Waals surface area contributed by atoms with Crippen LogP contribution in [-0.2, 0) is 9.53 Å². The minimum absolute atomic E-state index is 0.0903. The molecule has 0 radical (unpaired) electrons. The minimum Gasteiger partial charge on any atom is -0.465 e. The van der Waals surface area contributed by atoms with Gasteiger partial charge in [0.2, 0.25) is 0 Å². The quantitative estimate of drug-likeness (QED) is 0.595. The number of esters is 1. The van der Waals surface area contributed by atoms with Crippen LogP contribution in [0.2, 0.25) is 0 Å². The molecule has 0 amide bonds. The number of anilines is 1. The summed E-state index contributed by atoms with van der Waals surface area (Å²) in [7, 11) is 0. The Balaban J connectivity index is 1.74. The van der Waals surface area contributed by atoms with Crippen LogP contribution in [0.4, 0.5) is 5.69 Å². The highest BCUT2D eigenvalue weighted by molar-refractivity contribution is 5.71. The fraction of sp³-hybridized carbons (Fsp3) is 0.588. The van der Waals surface area contributed by atoms with Crippen LogP contribution in [0, 0.1) is 6.92 Å². The molecule has 116 valence electrons. The lowest BCUT2D eigenvalue weighted by molar-refractivity contribution is -0.145. The predicted octanol–water partition coefficient (Wildman–Crippen LogP) is 2.46. The molecule has 1 aliphatic heterocycles. The van der Waals surface area contributed by atoms with Crippen molar-refractivity contribution in [3.8, 4) is 0 Å². The molecule has 0 spiro atoms. The van der Waals surface area contributed by atoms with Crippen LogP contribution < -0.4 is 4.90 Å². The first-order valence-corrected chi connectivity index (χ1v) is 7.88. The number of benzene rings is 1. The number of hydrogen-bond donors (Lipinski definition) is 0. The van der Waals surface area contributed by atoms with Crippen molar-refractivity contribution in [1.82, 2.24) is 4.90 Å². The number of carbonyl (C=O) groups excluding carboxylic acids is 1. The number of piperazine rings is 1. The van der Waals surface area contributed by atoms with E-state index in [2.05, 4.69) is 47.9 Å². The van der Waals surface area contributed by atoms with E-state index in [0.717, 1.165) is 39.0 Å². The molecule has 1 aromatic rings. The molecule has 1 heterocycles. The Kier molecular flexibility index (Phi) is 6.05. The van der Waals surface area contributed by atoms with E-state index < -0.39 is 0 Å². The highest BCUT2D eigenvalue weighted by Crippen LogP contribution is 2.17. The Morgan fingerprint density at radius 1 is 1.24 bits per heavy atom. The SMILES string of the molecule is CCCCOC(=O)CN1CCN(c2cccc(C)c2)CC1. The third kappa shape index (κ3) is 5.05. The Morgan fingerprint density at radius 2 is 2.00 bits per heavy atom. The van der Waals surface area contributed by atoms with Crippen molar-refractivity contribution in [2.45, 2.75) is 26.7 Å². The zero-order valence-electron chi connectivity index (χ0n) is 13.2. The molecule has 2 rings (SSSR count). The zero-order valence-corrected chi connectivity index (χ0v) is 13.2. The second kappa shape index (κ2) is 8.03. The van der Waals surface area contributed by atoms with Gasteiger partial charge in [-0.3, -0.25) is 9.69 Å². The topological polar surface area (TPSA) is 32.8 Å². The molecule has 0 saturated carbocycles. The van der Waals surface area contributed by atoms with Gasteiger partial charge < -0.3 is 9.64 Å². The summed E-state index contributed by atoms with van der Waals surface area (Å²) in [6.07, 6.45) is 2.01. The third-order valence-electron chi connectivity index (χ3n) is 3.85. The van der Waals surface area contributed by atoms with Gasteiger partial charge in [-0.25, -0.2) is 0 Å². The van der Waals surface area contributed by atoms with Gasteiger partial charge in [0.25, 0.3) is 0 Å². The lowest BCUT2D eigenvalue weighted by atomic mass is 10.2. The zero-order chi connectivity index (χ0) is 15.1. The summed E-state index contributed by atoms with van der Waals surface area (Å²) in [5, 5.41) is 0. The highest BCUT2D eigenvalue weighted by Gasteiger charge is 2.19. The monoisotopic (exact) mass is 290 g/mol. The van der Waals surface area contributed by atoms with E-state index in [0.29, 0.717) is 13.2 Å². The van der Waals surface area contributed by atoms with E-state index in [1.807, 2.05) is 0 Å². The van der Waals surface area contributed by atoms with Crippen LogP contribution in [0.25, 0.3) is 0 Å². The van der Waals surface area contributed by atoms with Gasteiger partial charge in [0.1, 0.15) is 0 Å². The minimum atomic E-state index is -0.0903. The van der Waals surface area contributed by atoms with Crippen LogP contribution in [0.5, 0.6) is 0 Å². The van der Waals surface area contributed by atoms with Gasteiger partial charge >= 0.3 is 5.97 Å². The summed E-state index contributed by atoms with van der Waals surface area (Å²) >= 11 is 0. The fourth-order valence-corrected chi connectivity index (χ4v) is 2.55. The molecule has 1 aliphatic rings. The molecule has 0 N–H and O–H groups in total. The van der Waals surface area contributed by atoms with Crippen molar-refractivity contribution in [2.24, 2.45) is 0 Å². The van der Waals surface area contributed by atoms with Crippen molar-refractivity contribution in [3.63, 3.8) is 0 Å². The lowest BCUT2D eigenvalue weighted by Crippen LogP contribution is -2.48. The summed E-state index contributed by atoms with van der Waals surface area (Å²) in [6.45, 7) is 8.94. The smallest absolute Gasteiger partial charge is 0.320 e. The summed E-state index contributed by atoms with van der Waals surface area (Å²) < 4.78 is 5.22. The van der Waals surface area contributed by atoms with Gasteiger partial charge in [0, 0.05) is 31.9 Å². The second-order valence-corrected chi connectivity index (χ2v) is 5.68. The van der Waals surface area contributed by atoms with E-state index in [4.69, 9.17) is 4.74 Å².